The predicted molar refractivity (Wildman–Crippen MR) is 98.4 cm³/mol. The summed E-state index contributed by atoms with van der Waals surface area (Å²) in [5, 5.41) is 4.13. The van der Waals surface area contributed by atoms with Crippen molar-refractivity contribution in [1.82, 2.24) is 5.16 Å². The molecule has 2 unspecified atom stereocenters. The first-order valence-electron chi connectivity index (χ1n) is 8.89. The summed E-state index contributed by atoms with van der Waals surface area (Å²) in [7, 11) is -3.71. The molecule has 7 nitrogen and oxygen atoms in total. The highest BCUT2D eigenvalue weighted by Gasteiger charge is 2.43. The summed E-state index contributed by atoms with van der Waals surface area (Å²) < 4.78 is 34.9. The lowest BCUT2D eigenvalue weighted by Crippen LogP contribution is -2.48. The first kappa shape index (κ1) is 20.9. The number of carbonyl (C=O) groups is 1. The molecule has 1 amide bonds. The van der Waals surface area contributed by atoms with Crippen LogP contribution < -0.4 is 5.73 Å². The lowest BCUT2D eigenvalue weighted by molar-refractivity contribution is -0.119. The Hall–Kier alpha value is -1.41. The molecule has 26 heavy (non-hydrogen) atoms. The van der Waals surface area contributed by atoms with Gasteiger partial charge in [-0.3, -0.25) is 4.79 Å². The summed E-state index contributed by atoms with van der Waals surface area (Å²) >= 11 is 0. The van der Waals surface area contributed by atoms with Gasteiger partial charge < -0.3 is 15.0 Å². The number of ether oxygens (including phenoxy) is 1. The second-order valence-corrected chi connectivity index (χ2v) is 11.4. The van der Waals surface area contributed by atoms with Crippen molar-refractivity contribution in [3.05, 3.63) is 17.5 Å². The molecule has 1 aromatic rings. The number of aromatic nitrogens is 1. The van der Waals surface area contributed by atoms with Crippen LogP contribution in [-0.2, 0) is 25.8 Å². The van der Waals surface area contributed by atoms with Crippen LogP contribution in [0.5, 0.6) is 0 Å². The Labute approximate surface area is 155 Å². The van der Waals surface area contributed by atoms with Crippen LogP contribution in [0.3, 0.4) is 0 Å². The van der Waals surface area contributed by atoms with Crippen LogP contribution in [0.1, 0.15) is 58.4 Å². The van der Waals surface area contributed by atoms with E-state index in [9.17, 15) is 13.2 Å². The van der Waals surface area contributed by atoms with E-state index in [1.807, 2.05) is 6.07 Å². The zero-order chi connectivity index (χ0) is 19.8. The molecule has 0 bridgehead atoms. The van der Waals surface area contributed by atoms with E-state index in [1.54, 1.807) is 0 Å². The number of rotatable bonds is 6. The third kappa shape index (κ3) is 4.65. The number of sulfone groups is 1. The van der Waals surface area contributed by atoms with Crippen LogP contribution in [-0.4, -0.2) is 43.2 Å². The fourth-order valence-corrected chi connectivity index (χ4v) is 4.76. The minimum Gasteiger partial charge on any atom is -0.381 e. The Balaban J connectivity index is 2.22. The maximum atomic E-state index is 12.7. The van der Waals surface area contributed by atoms with Gasteiger partial charge in [0, 0.05) is 18.6 Å². The van der Waals surface area contributed by atoms with E-state index in [0.717, 1.165) is 12.1 Å². The number of carbonyl (C=O) groups excluding carboxylic acids is 1. The van der Waals surface area contributed by atoms with Crippen LogP contribution in [0.2, 0.25) is 0 Å². The zero-order valence-corrected chi connectivity index (χ0v) is 17.1. The van der Waals surface area contributed by atoms with Crippen molar-refractivity contribution >= 4 is 15.7 Å². The van der Waals surface area contributed by atoms with Gasteiger partial charge in [-0.1, -0.05) is 25.9 Å². The predicted octanol–water partition coefficient (Wildman–Crippen LogP) is 2.06. The van der Waals surface area contributed by atoms with Gasteiger partial charge in [0.2, 0.25) is 5.91 Å². The Morgan fingerprint density at radius 1 is 1.31 bits per heavy atom. The molecule has 1 aliphatic rings. The van der Waals surface area contributed by atoms with Gasteiger partial charge in [-0.25, -0.2) is 8.42 Å². The Morgan fingerprint density at radius 3 is 2.54 bits per heavy atom. The first-order valence-corrected chi connectivity index (χ1v) is 10.5. The molecule has 8 heteroatoms. The molecule has 1 aliphatic heterocycles. The molecule has 0 saturated carbocycles. The summed E-state index contributed by atoms with van der Waals surface area (Å²) in [4.78, 5) is 11.6. The van der Waals surface area contributed by atoms with E-state index in [4.69, 9.17) is 15.0 Å². The lowest BCUT2D eigenvalue weighted by atomic mass is 9.86. The number of hydrogen-bond donors (Lipinski definition) is 1. The van der Waals surface area contributed by atoms with Crippen molar-refractivity contribution in [2.45, 2.75) is 58.1 Å². The maximum absolute atomic E-state index is 12.7. The smallest absolute Gasteiger partial charge is 0.238 e. The van der Waals surface area contributed by atoms with Crippen LogP contribution in [0.25, 0.3) is 0 Å². The fourth-order valence-electron chi connectivity index (χ4n) is 3.07. The molecule has 2 N–H and O–H groups in total. The van der Waals surface area contributed by atoms with Gasteiger partial charge in [-0.15, -0.1) is 0 Å². The van der Waals surface area contributed by atoms with Crippen LogP contribution in [0, 0.1) is 11.3 Å². The monoisotopic (exact) mass is 386 g/mol. The van der Waals surface area contributed by atoms with Gasteiger partial charge in [0.25, 0.3) is 0 Å². The standard InChI is InChI=1S/C18H30N2O5S/c1-17(2,3)9-13-8-15(25-20-13)14-10-24-7-6-12(14)11-26(22,23)18(4,5)16(19)21/h8,12,14H,6-7,9-11H2,1-5H3,(H2,19,21). The number of primary amides is 1. The number of amides is 1. The van der Waals surface area contributed by atoms with Crippen molar-refractivity contribution in [3.8, 4) is 0 Å². The molecule has 2 rings (SSSR count). The largest absolute Gasteiger partial charge is 0.381 e. The minimum absolute atomic E-state index is 0.0749. The Kier molecular flexibility index (Phi) is 5.87. The normalized spacial score (nSPS) is 22.3. The molecule has 2 atom stereocenters. The fraction of sp³-hybridized carbons (Fsp3) is 0.778. The topological polar surface area (TPSA) is 112 Å². The summed E-state index contributed by atoms with van der Waals surface area (Å²) in [6, 6.07) is 1.89. The van der Waals surface area contributed by atoms with Gasteiger partial charge in [0.1, 0.15) is 10.5 Å². The average Bonchev–Trinajstić information content (AvgIpc) is 2.93. The Morgan fingerprint density at radius 2 is 1.96 bits per heavy atom. The highest BCUT2D eigenvalue weighted by Crippen LogP contribution is 2.35. The van der Waals surface area contributed by atoms with E-state index in [-0.39, 0.29) is 23.0 Å². The second-order valence-electron chi connectivity index (χ2n) is 8.84. The highest BCUT2D eigenvalue weighted by atomic mass is 32.2. The molecular weight excluding hydrogens is 356 g/mol. The first-order chi connectivity index (χ1) is 11.8. The van der Waals surface area contributed by atoms with E-state index < -0.39 is 20.5 Å². The van der Waals surface area contributed by atoms with Gasteiger partial charge in [-0.05, 0) is 38.0 Å². The van der Waals surface area contributed by atoms with E-state index in [2.05, 4.69) is 25.9 Å². The van der Waals surface area contributed by atoms with Gasteiger partial charge in [0.05, 0.1) is 18.1 Å². The van der Waals surface area contributed by atoms with Crippen LogP contribution in [0.4, 0.5) is 0 Å². The average molecular weight is 387 g/mol. The van der Waals surface area contributed by atoms with E-state index >= 15 is 0 Å². The van der Waals surface area contributed by atoms with Crippen molar-refractivity contribution in [1.29, 1.82) is 0 Å². The molecular formula is C18H30N2O5S. The highest BCUT2D eigenvalue weighted by molar-refractivity contribution is 7.93. The van der Waals surface area contributed by atoms with Crippen LogP contribution >= 0.6 is 0 Å². The summed E-state index contributed by atoms with van der Waals surface area (Å²) in [5.41, 5.74) is 6.22. The third-order valence-electron chi connectivity index (χ3n) is 4.96. The molecule has 2 heterocycles. The van der Waals surface area contributed by atoms with E-state index in [0.29, 0.717) is 25.4 Å². The lowest BCUT2D eigenvalue weighted by Gasteiger charge is -2.32. The molecule has 0 radical (unpaired) electrons. The molecule has 1 saturated heterocycles. The molecule has 1 fully saturated rings. The number of hydrogen-bond acceptors (Lipinski definition) is 6. The summed E-state index contributed by atoms with van der Waals surface area (Å²) in [6.07, 6.45) is 1.34. The van der Waals surface area contributed by atoms with Crippen molar-refractivity contribution in [2.24, 2.45) is 17.1 Å². The Bertz CT molecular complexity index is 746. The van der Waals surface area contributed by atoms with Crippen molar-refractivity contribution < 1.29 is 22.5 Å². The summed E-state index contributed by atoms with van der Waals surface area (Å²) in [5.74, 6) is -0.743. The van der Waals surface area contributed by atoms with Crippen molar-refractivity contribution in [2.75, 3.05) is 19.0 Å². The zero-order valence-electron chi connectivity index (χ0n) is 16.2. The SMILES string of the molecule is CC(C)(C)Cc1cc(C2COCCC2CS(=O)(=O)C(C)(C)C(N)=O)on1. The quantitative estimate of drug-likeness (QED) is 0.801. The minimum atomic E-state index is -3.71. The maximum Gasteiger partial charge on any atom is 0.238 e. The van der Waals surface area contributed by atoms with Gasteiger partial charge >= 0.3 is 0 Å². The van der Waals surface area contributed by atoms with Crippen molar-refractivity contribution in [3.63, 3.8) is 0 Å². The molecule has 1 aromatic heterocycles. The number of nitrogens with two attached hydrogens (primary N) is 1. The van der Waals surface area contributed by atoms with Gasteiger partial charge in [0.15, 0.2) is 9.84 Å². The molecule has 0 aromatic carbocycles. The molecule has 148 valence electrons. The molecule has 0 aliphatic carbocycles. The second kappa shape index (κ2) is 7.31. The molecule has 0 spiro atoms. The van der Waals surface area contributed by atoms with Crippen LogP contribution in [0.15, 0.2) is 10.6 Å². The van der Waals surface area contributed by atoms with E-state index in [1.165, 1.54) is 13.8 Å². The van der Waals surface area contributed by atoms with Gasteiger partial charge in [-0.2, -0.15) is 0 Å². The summed E-state index contributed by atoms with van der Waals surface area (Å²) in [6.45, 7) is 9.92. The number of nitrogens with zero attached hydrogens (tertiary/aromatic N) is 1. The third-order valence-corrected chi connectivity index (χ3v) is 7.58.